The standard InChI is InChI=1S/C9H11ClO2/c1-2-6-12-8-5-3-4-7(11)9(8)10/h3-5,11H,2,6H2,1H3. The second kappa shape index (κ2) is 4.21. The van der Waals surface area contributed by atoms with Gasteiger partial charge in [0.2, 0.25) is 0 Å². The van der Waals surface area contributed by atoms with Gasteiger partial charge in [0.1, 0.15) is 16.5 Å². The Hall–Kier alpha value is -0.890. The van der Waals surface area contributed by atoms with E-state index in [9.17, 15) is 5.11 Å². The predicted molar refractivity (Wildman–Crippen MR) is 48.9 cm³/mol. The van der Waals surface area contributed by atoms with Gasteiger partial charge in [-0.25, -0.2) is 0 Å². The molecule has 0 aliphatic carbocycles. The predicted octanol–water partition coefficient (Wildman–Crippen LogP) is 2.83. The Labute approximate surface area is 76.7 Å². The minimum absolute atomic E-state index is 0.0604. The molecule has 0 aliphatic rings. The minimum atomic E-state index is 0.0604. The van der Waals surface area contributed by atoms with Gasteiger partial charge in [0.05, 0.1) is 6.61 Å². The number of halogens is 1. The molecule has 0 spiro atoms. The Balaban J connectivity index is 2.78. The van der Waals surface area contributed by atoms with Crippen molar-refractivity contribution >= 4 is 11.6 Å². The van der Waals surface area contributed by atoms with Crippen molar-refractivity contribution in [1.29, 1.82) is 0 Å². The van der Waals surface area contributed by atoms with Crippen LogP contribution in [-0.2, 0) is 0 Å². The molecular weight excluding hydrogens is 176 g/mol. The van der Waals surface area contributed by atoms with Crippen LogP contribution < -0.4 is 4.74 Å². The lowest BCUT2D eigenvalue weighted by molar-refractivity contribution is 0.316. The summed E-state index contributed by atoms with van der Waals surface area (Å²) in [6.07, 6.45) is 0.923. The van der Waals surface area contributed by atoms with E-state index in [0.29, 0.717) is 12.4 Å². The summed E-state index contributed by atoms with van der Waals surface area (Å²) in [7, 11) is 0. The molecule has 0 unspecified atom stereocenters. The van der Waals surface area contributed by atoms with Gasteiger partial charge in [-0.3, -0.25) is 0 Å². The molecule has 1 rings (SSSR count). The van der Waals surface area contributed by atoms with Crippen LogP contribution >= 0.6 is 11.6 Å². The highest BCUT2D eigenvalue weighted by Gasteiger charge is 2.04. The van der Waals surface area contributed by atoms with Crippen LogP contribution in [0.3, 0.4) is 0 Å². The Morgan fingerprint density at radius 3 is 2.92 bits per heavy atom. The minimum Gasteiger partial charge on any atom is -0.506 e. The first-order valence-corrected chi connectivity index (χ1v) is 4.23. The summed E-state index contributed by atoms with van der Waals surface area (Å²) in [4.78, 5) is 0. The first-order chi connectivity index (χ1) is 5.75. The van der Waals surface area contributed by atoms with Crippen LogP contribution in [-0.4, -0.2) is 11.7 Å². The molecule has 0 radical (unpaired) electrons. The molecule has 0 amide bonds. The number of phenols is 1. The molecule has 0 aromatic heterocycles. The maximum absolute atomic E-state index is 9.19. The number of ether oxygens (including phenoxy) is 1. The number of aromatic hydroxyl groups is 1. The highest BCUT2D eigenvalue weighted by Crippen LogP contribution is 2.32. The highest BCUT2D eigenvalue weighted by atomic mass is 35.5. The molecule has 2 nitrogen and oxygen atoms in total. The quantitative estimate of drug-likeness (QED) is 0.787. The zero-order valence-corrected chi connectivity index (χ0v) is 7.64. The second-order valence-corrected chi connectivity index (χ2v) is 2.82. The van der Waals surface area contributed by atoms with Crippen LogP contribution in [0.1, 0.15) is 13.3 Å². The monoisotopic (exact) mass is 186 g/mol. The summed E-state index contributed by atoms with van der Waals surface area (Å²) in [5, 5.41) is 9.47. The summed E-state index contributed by atoms with van der Waals surface area (Å²) in [5.74, 6) is 0.601. The van der Waals surface area contributed by atoms with Gasteiger partial charge in [0.25, 0.3) is 0 Å². The smallest absolute Gasteiger partial charge is 0.141 e. The van der Waals surface area contributed by atoms with Crippen LogP contribution in [0.2, 0.25) is 5.02 Å². The molecule has 12 heavy (non-hydrogen) atoms. The van der Waals surface area contributed by atoms with Crippen LogP contribution in [0.4, 0.5) is 0 Å². The second-order valence-electron chi connectivity index (χ2n) is 2.44. The van der Waals surface area contributed by atoms with Crippen molar-refractivity contribution in [1.82, 2.24) is 0 Å². The molecule has 0 bridgehead atoms. The van der Waals surface area contributed by atoms with Crippen LogP contribution in [0.25, 0.3) is 0 Å². The Kier molecular flexibility index (Phi) is 3.23. The normalized spacial score (nSPS) is 9.83. The Morgan fingerprint density at radius 1 is 1.50 bits per heavy atom. The number of phenolic OH excluding ortho intramolecular Hbond substituents is 1. The van der Waals surface area contributed by atoms with E-state index in [1.807, 2.05) is 6.92 Å². The topological polar surface area (TPSA) is 29.5 Å². The van der Waals surface area contributed by atoms with Crippen molar-refractivity contribution in [3.8, 4) is 11.5 Å². The number of benzene rings is 1. The van der Waals surface area contributed by atoms with Gasteiger partial charge in [-0.2, -0.15) is 0 Å². The molecule has 3 heteroatoms. The summed E-state index contributed by atoms with van der Waals surface area (Å²) in [6.45, 7) is 2.62. The van der Waals surface area contributed by atoms with E-state index >= 15 is 0 Å². The number of rotatable bonds is 3. The first kappa shape index (κ1) is 9.20. The van der Waals surface area contributed by atoms with Gasteiger partial charge in [0, 0.05) is 0 Å². The van der Waals surface area contributed by atoms with Crippen LogP contribution in [0.15, 0.2) is 18.2 Å². The van der Waals surface area contributed by atoms with Gasteiger partial charge in [-0.05, 0) is 18.6 Å². The average Bonchev–Trinajstić information content (AvgIpc) is 2.08. The van der Waals surface area contributed by atoms with Crippen molar-refractivity contribution < 1.29 is 9.84 Å². The van der Waals surface area contributed by atoms with E-state index in [1.165, 1.54) is 6.07 Å². The maximum atomic E-state index is 9.19. The molecule has 66 valence electrons. The summed E-state index contributed by atoms with van der Waals surface area (Å²) in [6, 6.07) is 4.96. The van der Waals surface area contributed by atoms with Crippen LogP contribution in [0.5, 0.6) is 11.5 Å². The Morgan fingerprint density at radius 2 is 2.25 bits per heavy atom. The fraction of sp³-hybridized carbons (Fsp3) is 0.333. The summed E-state index contributed by atoms with van der Waals surface area (Å²) in [5.41, 5.74) is 0. The number of hydrogen-bond donors (Lipinski definition) is 1. The van der Waals surface area contributed by atoms with Gasteiger partial charge < -0.3 is 9.84 Å². The third-order valence-corrected chi connectivity index (χ3v) is 1.78. The molecule has 0 saturated carbocycles. The fourth-order valence-corrected chi connectivity index (χ4v) is 1.00. The van der Waals surface area contributed by atoms with Gasteiger partial charge in [-0.1, -0.05) is 24.6 Å². The lowest BCUT2D eigenvalue weighted by atomic mass is 10.3. The van der Waals surface area contributed by atoms with E-state index in [-0.39, 0.29) is 10.8 Å². The molecule has 0 fully saturated rings. The molecule has 1 aromatic rings. The zero-order chi connectivity index (χ0) is 8.97. The highest BCUT2D eigenvalue weighted by molar-refractivity contribution is 6.33. The van der Waals surface area contributed by atoms with Crippen molar-refractivity contribution in [2.24, 2.45) is 0 Å². The summed E-state index contributed by atoms with van der Waals surface area (Å²) >= 11 is 5.75. The molecule has 0 saturated heterocycles. The Bertz CT molecular complexity index is 261. The van der Waals surface area contributed by atoms with Crippen LogP contribution in [0, 0.1) is 0 Å². The molecular formula is C9H11ClO2. The SMILES string of the molecule is CCCOc1cccc(O)c1Cl. The van der Waals surface area contributed by atoms with Crippen molar-refractivity contribution in [3.63, 3.8) is 0 Å². The average molecular weight is 187 g/mol. The van der Waals surface area contributed by atoms with E-state index in [2.05, 4.69) is 0 Å². The van der Waals surface area contributed by atoms with E-state index in [0.717, 1.165) is 6.42 Å². The summed E-state index contributed by atoms with van der Waals surface area (Å²) < 4.78 is 5.27. The molecule has 0 atom stereocenters. The van der Waals surface area contributed by atoms with Crippen molar-refractivity contribution in [2.75, 3.05) is 6.61 Å². The molecule has 0 heterocycles. The first-order valence-electron chi connectivity index (χ1n) is 3.86. The lowest BCUT2D eigenvalue weighted by Gasteiger charge is -2.06. The molecule has 1 aromatic carbocycles. The van der Waals surface area contributed by atoms with Gasteiger partial charge in [0.15, 0.2) is 0 Å². The zero-order valence-electron chi connectivity index (χ0n) is 6.88. The van der Waals surface area contributed by atoms with Gasteiger partial charge >= 0.3 is 0 Å². The maximum Gasteiger partial charge on any atom is 0.141 e. The van der Waals surface area contributed by atoms with E-state index in [1.54, 1.807) is 12.1 Å². The lowest BCUT2D eigenvalue weighted by Crippen LogP contribution is -1.95. The van der Waals surface area contributed by atoms with E-state index in [4.69, 9.17) is 16.3 Å². The van der Waals surface area contributed by atoms with Crippen molar-refractivity contribution in [2.45, 2.75) is 13.3 Å². The molecule has 1 N–H and O–H groups in total. The molecule has 0 aliphatic heterocycles. The third kappa shape index (κ3) is 2.05. The number of hydrogen-bond acceptors (Lipinski definition) is 2. The fourth-order valence-electron chi connectivity index (χ4n) is 0.823. The van der Waals surface area contributed by atoms with Gasteiger partial charge in [-0.15, -0.1) is 0 Å². The van der Waals surface area contributed by atoms with Crippen molar-refractivity contribution in [3.05, 3.63) is 23.2 Å². The largest absolute Gasteiger partial charge is 0.506 e. The third-order valence-electron chi connectivity index (χ3n) is 1.40. The van der Waals surface area contributed by atoms with E-state index < -0.39 is 0 Å².